The number of benzene rings is 2. The van der Waals surface area contributed by atoms with Gasteiger partial charge < -0.3 is 4.90 Å². The molecule has 2 aromatic carbocycles. The Morgan fingerprint density at radius 2 is 1.91 bits per heavy atom. The van der Waals surface area contributed by atoms with Crippen LogP contribution in [0, 0.1) is 5.82 Å². The van der Waals surface area contributed by atoms with Crippen molar-refractivity contribution in [1.82, 2.24) is 9.88 Å². The number of hydrogen-bond donors (Lipinski definition) is 0. The van der Waals surface area contributed by atoms with Gasteiger partial charge >= 0.3 is 0 Å². The zero-order valence-corrected chi connectivity index (χ0v) is 18.4. The summed E-state index contributed by atoms with van der Waals surface area (Å²) in [5.41, 5.74) is 4.06. The molecule has 3 heterocycles. The van der Waals surface area contributed by atoms with E-state index in [0.717, 1.165) is 37.9 Å². The molecule has 2 aliphatic heterocycles. The third-order valence-corrected chi connectivity index (χ3v) is 7.06. The van der Waals surface area contributed by atoms with Gasteiger partial charge in [0, 0.05) is 43.6 Å². The van der Waals surface area contributed by atoms with E-state index in [9.17, 15) is 9.18 Å². The van der Waals surface area contributed by atoms with Crippen LogP contribution in [0.2, 0.25) is 0 Å². The molecule has 4 nitrogen and oxygen atoms in total. The SMILES string of the molecule is C[C@@H]1C[C@]2(CCC(=O)N2c2cccc(F)c2)CCN1Cc1cccc(-c2cccnc2)c1. The molecular formula is C27H28FN3O. The number of halogens is 1. The van der Waals surface area contributed by atoms with E-state index < -0.39 is 0 Å². The fourth-order valence-corrected chi connectivity index (χ4v) is 5.50. The summed E-state index contributed by atoms with van der Waals surface area (Å²) in [5.74, 6) is -0.184. The smallest absolute Gasteiger partial charge is 0.227 e. The van der Waals surface area contributed by atoms with Gasteiger partial charge in [-0.05, 0) is 73.2 Å². The maximum atomic E-state index is 13.9. The van der Waals surface area contributed by atoms with Crippen LogP contribution < -0.4 is 4.90 Å². The molecule has 2 fully saturated rings. The Balaban J connectivity index is 1.33. The second-order valence-electron chi connectivity index (χ2n) is 9.15. The van der Waals surface area contributed by atoms with Gasteiger partial charge in [-0.2, -0.15) is 0 Å². The summed E-state index contributed by atoms with van der Waals surface area (Å²) < 4.78 is 13.9. The molecule has 2 aliphatic rings. The standard InChI is InChI=1S/C27H28FN3O/c1-20-17-27(11-10-26(32)31(27)25-9-3-8-24(28)16-25)12-14-30(20)19-21-5-2-6-22(15-21)23-7-4-13-29-18-23/h2-9,13,15-16,18,20H,10-12,14,17,19H2,1H3/t20-,27+/m1/s1. The van der Waals surface area contributed by atoms with E-state index >= 15 is 0 Å². The molecule has 0 radical (unpaired) electrons. The van der Waals surface area contributed by atoms with Crippen LogP contribution in [-0.2, 0) is 11.3 Å². The second kappa shape index (κ2) is 8.47. The Morgan fingerprint density at radius 3 is 2.69 bits per heavy atom. The van der Waals surface area contributed by atoms with E-state index in [0.29, 0.717) is 18.2 Å². The predicted octanol–water partition coefficient (Wildman–Crippen LogP) is 5.44. The first-order valence-electron chi connectivity index (χ1n) is 11.4. The summed E-state index contributed by atoms with van der Waals surface area (Å²) in [4.78, 5) is 21.4. The molecule has 5 heteroatoms. The molecule has 0 unspecified atom stereocenters. The number of carbonyl (C=O) groups excluding carboxylic acids is 1. The number of pyridine rings is 1. The van der Waals surface area contributed by atoms with Gasteiger partial charge in [0.25, 0.3) is 0 Å². The number of likely N-dealkylation sites (tertiary alicyclic amines) is 1. The van der Waals surface area contributed by atoms with Gasteiger partial charge in [0.15, 0.2) is 0 Å². The van der Waals surface area contributed by atoms with Gasteiger partial charge in [-0.25, -0.2) is 4.39 Å². The molecule has 2 saturated heterocycles. The minimum atomic E-state index is -0.295. The Labute approximate surface area is 188 Å². The summed E-state index contributed by atoms with van der Waals surface area (Å²) in [7, 11) is 0. The van der Waals surface area contributed by atoms with E-state index in [1.54, 1.807) is 12.3 Å². The molecule has 0 saturated carbocycles. The van der Waals surface area contributed by atoms with Crippen LogP contribution in [-0.4, -0.2) is 33.9 Å². The highest BCUT2D eigenvalue weighted by Gasteiger charge is 2.49. The third kappa shape index (κ3) is 3.93. The van der Waals surface area contributed by atoms with E-state index in [-0.39, 0.29) is 17.3 Å². The van der Waals surface area contributed by atoms with Crippen molar-refractivity contribution in [1.29, 1.82) is 0 Å². The van der Waals surface area contributed by atoms with E-state index in [1.807, 2.05) is 23.2 Å². The molecule has 3 aromatic rings. The first-order chi connectivity index (χ1) is 15.5. The van der Waals surface area contributed by atoms with E-state index in [1.165, 1.54) is 23.3 Å². The minimum absolute atomic E-state index is 0.112. The number of carbonyl (C=O) groups is 1. The van der Waals surface area contributed by atoms with E-state index in [4.69, 9.17) is 0 Å². The number of nitrogens with zero attached hydrogens (tertiary/aromatic N) is 3. The third-order valence-electron chi connectivity index (χ3n) is 7.06. The molecular weight excluding hydrogens is 401 g/mol. The lowest BCUT2D eigenvalue weighted by molar-refractivity contribution is -0.117. The zero-order valence-electron chi connectivity index (χ0n) is 18.4. The second-order valence-corrected chi connectivity index (χ2v) is 9.15. The quantitative estimate of drug-likeness (QED) is 0.554. The number of rotatable bonds is 4. The lowest BCUT2D eigenvalue weighted by Crippen LogP contribution is -2.56. The van der Waals surface area contributed by atoms with Gasteiger partial charge in [0.2, 0.25) is 5.91 Å². The first kappa shape index (κ1) is 20.8. The molecule has 0 bridgehead atoms. The lowest BCUT2D eigenvalue weighted by Gasteiger charge is -2.48. The predicted molar refractivity (Wildman–Crippen MR) is 125 cm³/mol. The van der Waals surface area contributed by atoms with Crippen molar-refractivity contribution < 1.29 is 9.18 Å². The topological polar surface area (TPSA) is 36.4 Å². The molecule has 0 aliphatic carbocycles. The zero-order chi connectivity index (χ0) is 22.1. The Morgan fingerprint density at radius 1 is 1.06 bits per heavy atom. The maximum Gasteiger partial charge on any atom is 0.227 e. The summed E-state index contributed by atoms with van der Waals surface area (Å²) in [6, 6.07) is 19.5. The fraction of sp³-hybridized carbons (Fsp3) is 0.333. The molecule has 2 atom stereocenters. The summed E-state index contributed by atoms with van der Waals surface area (Å²) in [6.07, 6.45) is 6.87. The van der Waals surface area contributed by atoms with Crippen molar-refractivity contribution in [3.8, 4) is 11.1 Å². The molecule has 1 spiro atoms. The molecule has 164 valence electrons. The lowest BCUT2D eigenvalue weighted by atomic mass is 9.81. The highest BCUT2D eigenvalue weighted by molar-refractivity contribution is 5.97. The maximum absolute atomic E-state index is 13.9. The summed E-state index contributed by atoms with van der Waals surface area (Å²) in [5, 5.41) is 0. The Hall–Kier alpha value is -3.05. The van der Waals surface area contributed by atoms with Gasteiger partial charge in [0.05, 0.1) is 5.54 Å². The molecule has 32 heavy (non-hydrogen) atoms. The van der Waals surface area contributed by atoms with E-state index in [2.05, 4.69) is 47.1 Å². The van der Waals surface area contributed by atoms with Crippen molar-refractivity contribution in [2.75, 3.05) is 11.4 Å². The summed E-state index contributed by atoms with van der Waals surface area (Å²) in [6.45, 7) is 4.04. The molecule has 1 amide bonds. The van der Waals surface area contributed by atoms with Crippen molar-refractivity contribution in [2.24, 2.45) is 0 Å². The normalized spacial score (nSPS) is 23.8. The van der Waals surface area contributed by atoms with Gasteiger partial charge in [-0.15, -0.1) is 0 Å². The minimum Gasteiger partial charge on any atom is -0.306 e. The van der Waals surface area contributed by atoms with Gasteiger partial charge in [0.1, 0.15) is 5.82 Å². The van der Waals surface area contributed by atoms with Gasteiger partial charge in [-0.1, -0.05) is 30.3 Å². The number of piperidine rings is 1. The Kier molecular flexibility index (Phi) is 5.51. The monoisotopic (exact) mass is 429 g/mol. The molecule has 5 rings (SSSR count). The van der Waals surface area contributed by atoms with Crippen molar-refractivity contribution in [3.05, 3.63) is 84.4 Å². The largest absolute Gasteiger partial charge is 0.306 e. The highest BCUT2D eigenvalue weighted by atomic mass is 19.1. The Bertz CT molecular complexity index is 1120. The number of anilines is 1. The van der Waals surface area contributed by atoms with Crippen molar-refractivity contribution in [3.63, 3.8) is 0 Å². The van der Waals surface area contributed by atoms with Crippen LogP contribution in [0.1, 0.15) is 38.2 Å². The molecule has 0 N–H and O–H groups in total. The van der Waals surface area contributed by atoms with Crippen LogP contribution in [0.4, 0.5) is 10.1 Å². The summed E-state index contributed by atoms with van der Waals surface area (Å²) >= 11 is 0. The average Bonchev–Trinajstić information content (AvgIpc) is 3.12. The van der Waals surface area contributed by atoms with Crippen LogP contribution in [0.25, 0.3) is 11.1 Å². The van der Waals surface area contributed by atoms with Crippen LogP contribution >= 0.6 is 0 Å². The molecule has 1 aromatic heterocycles. The van der Waals surface area contributed by atoms with Crippen LogP contribution in [0.3, 0.4) is 0 Å². The fourth-order valence-electron chi connectivity index (χ4n) is 5.50. The van der Waals surface area contributed by atoms with Crippen LogP contribution in [0.5, 0.6) is 0 Å². The number of amides is 1. The number of hydrogen-bond acceptors (Lipinski definition) is 3. The first-order valence-corrected chi connectivity index (χ1v) is 11.4. The van der Waals surface area contributed by atoms with Crippen molar-refractivity contribution in [2.45, 2.75) is 50.7 Å². The number of aromatic nitrogens is 1. The van der Waals surface area contributed by atoms with Gasteiger partial charge in [-0.3, -0.25) is 14.7 Å². The van der Waals surface area contributed by atoms with Crippen molar-refractivity contribution >= 4 is 11.6 Å². The van der Waals surface area contributed by atoms with Crippen LogP contribution in [0.15, 0.2) is 73.1 Å². The highest BCUT2D eigenvalue weighted by Crippen LogP contribution is 2.44. The average molecular weight is 430 g/mol.